The summed E-state index contributed by atoms with van der Waals surface area (Å²) >= 11 is 12.2. The standard InChI is InChI=1S/C19H14Cl2N2O3/c20-14-5-3-6-15(21)13(14)10-17(19(25)26)23-18(24)12-8-9-22-16-7-2-1-4-11(12)16/h1-9,17H,10H2,(H,23,24)(H,25,26)/t17-/m0/s1. The van der Waals surface area contributed by atoms with E-state index in [-0.39, 0.29) is 6.42 Å². The Labute approximate surface area is 159 Å². The maximum Gasteiger partial charge on any atom is 0.326 e. The van der Waals surface area contributed by atoms with Crippen LogP contribution in [0.5, 0.6) is 0 Å². The zero-order valence-corrected chi connectivity index (χ0v) is 15.0. The highest BCUT2D eigenvalue weighted by atomic mass is 35.5. The largest absolute Gasteiger partial charge is 0.480 e. The first-order valence-corrected chi connectivity index (χ1v) is 8.53. The van der Waals surface area contributed by atoms with Crippen LogP contribution in [-0.2, 0) is 11.2 Å². The van der Waals surface area contributed by atoms with Crippen LogP contribution in [-0.4, -0.2) is 28.0 Å². The van der Waals surface area contributed by atoms with Gasteiger partial charge in [-0.05, 0) is 29.8 Å². The van der Waals surface area contributed by atoms with Crippen molar-refractivity contribution in [2.75, 3.05) is 0 Å². The summed E-state index contributed by atoms with van der Waals surface area (Å²) in [5, 5.41) is 13.4. The van der Waals surface area contributed by atoms with Gasteiger partial charge in [0.15, 0.2) is 0 Å². The SMILES string of the molecule is O=C(N[C@@H](Cc1c(Cl)cccc1Cl)C(=O)O)c1ccnc2ccccc12. The molecule has 0 aliphatic rings. The van der Waals surface area contributed by atoms with E-state index in [0.717, 1.165) is 0 Å². The van der Waals surface area contributed by atoms with Crippen LogP contribution in [0.2, 0.25) is 10.0 Å². The molecule has 2 aromatic carbocycles. The van der Waals surface area contributed by atoms with Crippen molar-refractivity contribution in [3.05, 3.63) is 75.9 Å². The number of rotatable bonds is 5. The lowest BCUT2D eigenvalue weighted by Gasteiger charge is -2.17. The number of pyridine rings is 1. The summed E-state index contributed by atoms with van der Waals surface area (Å²) in [6.07, 6.45) is 1.49. The van der Waals surface area contributed by atoms with Gasteiger partial charge in [0.1, 0.15) is 6.04 Å². The zero-order valence-electron chi connectivity index (χ0n) is 13.4. The van der Waals surface area contributed by atoms with E-state index < -0.39 is 17.9 Å². The number of aliphatic carboxylic acids is 1. The van der Waals surface area contributed by atoms with Crippen LogP contribution in [0.15, 0.2) is 54.7 Å². The molecule has 1 amide bonds. The van der Waals surface area contributed by atoms with Crippen molar-refractivity contribution < 1.29 is 14.7 Å². The Morgan fingerprint density at radius 1 is 1.04 bits per heavy atom. The molecule has 0 saturated heterocycles. The molecule has 3 rings (SSSR count). The predicted molar refractivity (Wildman–Crippen MR) is 101 cm³/mol. The number of benzene rings is 2. The van der Waals surface area contributed by atoms with Gasteiger partial charge >= 0.3 is 5.97 Å². The molecular weight excluding hydrogens is 375 g/mol. The fourth-order valence-corrected chi connectivity index (χ4v) is 3.21. The Morgan fingerprint density at radius 2 is 1.73 bits per heavy atom. The summed E-state index contributed by atoms with van der Waals surface area (Å²) < 4.78 is 0. The van der Waals surface area contributed by atoms with Gasteiger partial charge in [0.25, 0.3) is 5.91 Å². The Kier molecular flexibility index (Phi) is 5.40. The molecule has 5 nitrogen and oxygen atoms in total. The molecular formula is C19H14Cl2N2O3. The molecule has 0 radical (unpaired) electrons. The topological polar surface area (TPSA) is 79.3 Å². The number of nitrogens with zero attached hydrogens (tertiary/aromatic N) is 1. The number of carbonyl (C=O) groups excluding carboxylic acids is 1. The summed E-state index contributed by atoms with van der Waals surface area (Å²) in [4.78, 5) is 28.5. The summed E-state index contributed by atoms with van der Waals surface area (Å²) in [7, 11) is 0. The molecule has 0 saturated carbocycles. The number of aromatic nitrogens is 1. The van der Waals surface area contributed by atoms with Crippen molar-refractivity contribution in [3.63, 3.8) is 0 Å². The van der Waals surface area contributed by atoms with Crippen molar-refractivity contribution in [3.8, 4) is 0 Å². The van der Waals surface area contributed by atoms with Crippen LogP contribution < -0.4 is 5.32 Å². The van der Waals surface area contributed by atoms with Crippen molar-refractivity contribution >= 4 is 46.0 Å². The van der Waals surface area contributed by atoms with Crippen molar-refractivity contribution in [2.45, 2.75) is 12.5 Å². The number of carboxylic acid groups (broad SMARTS) is 1. The van der Waals surface area contributed by atoms with E-state index in [9.17, 15) is 14.7 Å². The smallest absolute Gasteiger partial charge is 0.326 e. The Bertz CT molecular complexity index is 966. The van der Waals surface area contributed by atoms with Crippen molar-refractivity contribution in [2.24, 2.45) is 0 Å². The molecule has 132 valence electrons. The number of hydrogen-bond donors (Lipinski definition) is 2. The molecule has 0 aliphatic carbocycles. The molecule has 1 atom stereocenters. The monoisotopic (exact) mass is 388 g/mol. The van der Waals surface area contributed by atoms with Gasteiger partial charge in [-0.3, -0.25) is 9.78 Å². The summed E-state index contributed by atoms with van der Waals surface area (Å²) in [6, 6.07) is 12.5. The molecule has 0 aliphatic heterocycles. The number of fused-ring (bicyclic) bond motifs is 1. The van der Waals surface area contributed by atoms with Crippen LogP contribution in [0.25, 0.3) is 10.9 Å². The summed E-state index contributed by atoms with van der Waals surface area (Å²) in [6.45, 7) is 0. The molecule has 7 heteroatoms. The first kappa shape index (κ1) is 18.2. The normalized spacial score (nSPS) is 11.9. The molecule has 0 unspecified atom stereocenters. The van der Waals surface area contributed by atoms with E-state index in [1.807, 2.05) is 6.07 Å². The lowest BCUT2D eigenvalue weighted by molar-refractivity contribution is -0.139. The minimum absolute atomic E-state index is 0.0252. The maximum absolute atomic E-state index is 12.7. The molecule has 1 heterocycles. The number of carboxylic acids is 1. The number of amides is 1. The van der Waals surface area contributed by atoms with Gasteiger partial charge < -0.3 is 10.4 Å². The quantitative estimate of drug-likeness (QED) is 0.692. The Hall–Kier alpha value is -2.63. The van der Waals surface area contributed by atoms with E-state index in [1.54, 1.807) is 42.5 Å². The lowest BCUT2D eigenvalue weighted by Crippen LogP contribution is -2.42. The minimum Gasteiger partial charge on any atom is -0.480 e. The van der Waals surface area contributed by atoms with Gasteiger partial charge in [0, 0.05) is 28.0 Å². The minimum atomic E-state index is -1.17. The second-order valence-corrected chi connectivity index (χ2v) is 6.46. The Morgan fingerprint density at radius 3 is 2.42 bits per heavy atom. The molecule has 0 fully saturated rings. The van der Waals surface area contributed by atoms with Crippen LogP contribution in [0.3, 0.4) is 0 Å². The molecule has 1 aromatic heterocycles. The third kappa shape index (κ3) is 3.79. The van der Waals surface area contributed by atoms with Crippen LogP contribution >= 0.6 is 23.2 Å². The van der Waals surface area contributed by atoms with E-state index in [0.29, 0.717) is 32.1 Å². The Balaban J connectivity index is 1.88. The fourth-order valence-electron chi connectivity index (χ4n) is 2.66. The predicted octanol–water partition coefficient (Wildman–Crippen LogP) is 3.97. The molecule has 0 bridgehead atoms. The average Bonchev–Trinajstić information content (AvgIpc) is 2.63. The first-order chi connectivity index (χ1) is 12.5. The number of nitrogens with one attached hydrogen (secondary N) is 1. The third-order valence-corrected chi connectivity index (χ3v) is 4.68. The van der Waals surface area contributed by atoms with Gasteiger partial charge in [-0.1, -0.05) is 47.5 Å². The van der Waals surface area contributed by atoms with Crippen molar-refractivity contribution in [1.29, 1.82) is 0 Å². The molecule has 0 spiro atoms. The van der Waals surface area contributed by atoms with E-state index in [4.69, 9.17) is 23.2 Å². The van der Waals surface area contributed by atoms with Gasteiger partial charge in [-0.2, -0.15) is 0 Å². The lowest BCUT2D eigenvalue weighted by atomic mass is 10.0. The first-order valence-electron chi connectivity index (χ1n) is 7.77. The second-order valence-electron chi connectivity index (χ2n) is 5.64. The number of para-hydroxylation sites is 1. The fraction of sp³-hybridized carbons (Fsp3) is 0.105. The van der Waals surface area contributed by atoms with Crippen molar-refractivity contribution in [1.82, 2.24) is 10.3 Å². The number of hydrogen-bond acceptors (Lipinski definition) is 3. The van der Waals surface area contributed by atoms with Gasteiger partial charge in [-0.25, -0.2) is 4.79 Å². The van der Waals surface area contributed by atoms with E-state index in [2.05, 4.69) is 10.3 Å². The van der Waals surface area contributed by atoms with Gasteiger partial charge in [-0.15, -0.1) is 0 Å². The third-order valence-electron chi connectivity index (χ3n) is 3.97. The van der Waals surface area contributed by atoms with Crippen LogP contribution in [0.4, 0.5) is 0 Å². The zero-order chi connectivity index (χ0) is 18.7. The number of halogens is 2. The highest BCUT2D eigenvalue weighted by molar-refractivity contribution is 6.36. The van der Waals surface area contributed by atoms with Gasteiger partial charge in [0.05, 0.1) is 11.1 Å². The van der Waals surface area contributed by atoms with E-state index >= 15 is 0 Å². The van der Waals surface area contributed by atoms with Gasteiger partial charge in [0.2, 0.25) is 0 Å². The summed E-state index contributed by atoms with van der Waals surface area (Å²) in [5.41, 5.74) is 1.48. The van der Waals surface area contributed by atoms with E-state index in [1.165, 1.54) is 6.20 Å². The van der Waals surface area contributed by atoms with Crippen LogP contribution in [0, 0.1) is 0 Å². The summed E-state index contributed by atoms with van der Waals surface area (Å²) in [5.74, 6) is -1.67. The molecule has 2 N–H and O–H groups in total. The number of carbonyl (C=O) groups is 2. The molecule has 3 aromatic rings. The average molecular weight is 389 g/mol. The second kappa shape index (κ2) is 7.72. The maximum atomic E-state index is 12.7. The highest BCUT2D eigenvalue weighted by Gasteiger charge is 2.24. The van der Waals surface area contributed by atoms with Crippen LogP contribution in [0.1, 0.15) is 15.9 Å². The molecule has 26 heavy (non-hydrogen) atoms. The highest BCUT2D eigenvalue weighted by Crippen LogP contribution is 2.26.